The summed E-state index contributed by atoms with van der Waals surface area (Å²) in [7, 11) is -3.51. The van der Waals surface area contributed by atoms with Crippen molar-refractivity contribution in [3.63, 3.8) is 0 Å². The van der Waals surface area contributed by atoms with E-state index in [9.17, 15) is 8.42 Å². The minimum atomic E-state index is -3.51. The second-order valence-electron chi connectivity index (χ2n) is 6.65. The van der Waals surface area contributed by atoms with Crippen molar-refractivity contribution in [2.24, 2.45) is 0 Å². The third kappa shape index (κ3) is 4.32. The van der Waals surface area contributed by atoms with Gasteiger partial charge in [0.1, 0.15) is 0 Å². The predicted octanol–water partition coefficient (Wildman–Crippen LogP) is 2.82. The van der Waals surface area contributed by atoms with Crippen molar-refractivity contribution in [2.75, 3.05) is 6.54 Å². The minimum absolute atomic E-state index is 0.148. The quantitative estimate of drug-likeness (QED) is 0.843. The summed E-state index contributed by atoms with van der Waals surface area (Å²) in [5.74, 6) is 0. The third-order valence-electron chi connectivity index (χ3n) is 4.60. The molecule has 1 aliphatic carbocycles. The fourth-order valence-corrected chi connectivity index (χ4v) is 4.53. The van der Waals surface area contributed by atoms with E-state index in [2.05, 4.69) is 15.0 Å². The fraction of sp³-hybridized carbons (Fsp3) is 0.500. The van der Waals surface area contributed by atoms with Crippen LogP contribution in [0.1, 0.15) is 39.0 Å². The Morgan fingerprint density at radius 3 is 2.75 bits per heavy atom. The largest absolute Gasteiger partial charge is 0.312 e. The Hall–Kier alpha value is -1.50. The molecule has 0 saturated heterocycles. The Kier molecular flexibility index (Phi) is 5.48. The van der Waals surface area contributed by atoms with Crippen LogP contribution in [-0.2, 0) is 10.0 Å². The zero-order valence-corrected chi connectivity index (χ0v) is 14.8. The molecule has 5 nitrogen and oxygen atoms in total. The van der Waals surface area contributed by atoms with Gasteiger partial charge in [0.25, 0.3) is 0 Å². The fourth-order valence-electron chi connectivity index (χ4n) is 3.25. The Bertz CT molecular complexity index is 786. The van der Waals surface area contributed by atoms with Crippen LogP contribution in [0.2, 0.25) is 0 Å². The smallest absolute Gasteiger partial charge is 0.240 e. The van der Waals surface area contributed by atoms with Crippen LogP contribution in [0.5, 0.6) is 0 Å². The van der Waals surface area contributed by atoms with Crippen molar-refractivity contribution >= 4 is 20.8 Å². The molecule has 0 bridgehead atoms. The number of nitrogens with zero attached hydrogens (tertiary/aromatic N) is 1. The second kappa shape index (κ2) is 7.59. The SMILES string of the molecule is CC(CNC1CCCCC1)NS(=O)(=O)c1ccc2cnccc2c1. The summed E-state index contributed by atoms with van der Waals surface area (Å²) < 4.78 is 27.9. The maximum atomic E-state index is 12.6. The predicted molar refractivity (Wildman–Crippen MR) is 96.4 cm³/mol. The molecule has 0 spiro atoms. The van der Waals surface area contributed by atoms with E-state index in [4.69, 9.17) is 0 Å². The molecule has 1 heterocycles. The van der Waals surface area contributed by atoms with E-state index in [0.717, 1.165) is 10.8 Å². The Morgan fingerprint density at radius 1 is 1.17 bits per heavy atom. The second-order valence-corrected chi connectivity index (χ2v) is 8.36. The molecule has 1 fully saturated rings. The molecule has 2 N–H and O–H groups in total. The molecule has 1 saturated carbocycles. The van der Waals surface area contributed by atoms with Gasteiger partial charge in [-0.3, -0.25) is 4.98 Å². The molecule has 1 aromatic carbocycles. The maximum Gasteiger partial charge on any atom is 0.240 e. The summed E-state index contributed by atoms with van der Waals surface area (Å²) in [6.07, 6.45) is 9.64. The van der Waals surface area contributed by atoms with Gasteiger partial charge in [0.2, 0.25) is 10.0 Å². The molecule has 24 heavy (non-hydrogen) atoms. The van der Waals surface area contributed by atoms with Crippen molar-refractivity contribution in [2.45, 2.75) is 56.0 Å². The number of fused-ring (bicyclic) bond motifs is 1. The van der Waals surface area contributed by atoms with E-state index in [0.29, 0.717) is 17.5 Å². The van der Waals surface area contributed by atoms with Gasteiger partial charge in [0.05, 0.1) is 4.90 Å². The minimum Gasteiger partial charge on any atom is -0.312 e. The van der Waals surface area contributed by atoms with Crippen molar-refractivity contribution in [3.05, 3.63) is 36.7 Å². The van der Waals surface area contributed by atoms with E-state index in [1.54, 1.807) is 30.6 Å². The molecule has 130 valence electrons. The third-order valence-corrected chi connectivity index (χ3v) is 6.18. The van der Waals surface area contributed by atoms with Gasteiger partial charge in [-0.15, -0.1) is 0 Å². The number of hydrogen-bond donors (Lipinski definition) is 2. The van der Waals surface area contributed by atoms with Gasteiger partial charge >= 0.3 is 0 Å². The van der Waals surface area contributed by atoms with Crippen LogP contribution in [0.3, 0.4) is 0 Å². The highest BCUT2D eigenvalue weighted by Crippen LogP contribution is 2.19. The summed E-state index contributed by atoms with van der Waals surface area (Å²) in [6.45, 7) is 2.56. The first-order chi connectivity index (χ1) is 11.5. The molecule has 1 aromatic heterocycles. The number of hydrogen-bond acceptors (Lipinski definition) is 4. The molecule has 1 aliphatic rings. The first-order valence-electron chi connectivity index (χ1n) is 8.64. The van der Waals surface area contributed by atoms with Crippen molar-refractivity contribution in [1.29, 1.82) is 0 Å². The van der Waals surface area contributed by atoms with Crippen LogP contribution >= 0.6 is 0 Å². The monoisotopic (exact) mass is 347 g/mol. The van der Waals surface area contributed by atoms with Gasteiger partial charge in [-0.2, -0.15) is 0 Å². The first-order valence-corrected chi connectivity index (χ1v) is 10.1. The van der Waals surface area contributed by atoms with E-state index in [1.165, 1.54) is 32.1 Å². The summed E-state index contributed by atoms with van der Waals surface area (Å²) >= 11 is 0. The molecule has 0 amide bonds. The van der Waals surface area contributed by atoms with Gasteiger partial charge < -0.3 is 5.32 Å². The van der Waals surface area contributed by atoms with Gasteiger partial charge in [-0.05, 0) is 43.4 Å². The van der Waals surface area contributed by atoms with Crippen LogP contribution < -0.4 is 10.0 Å². The normalized spacial score (nSPS) is 17.9. The lowest BCUT2D eigenvalue weighted by atomic mass is 9.95. The maximum absolute atomic E-state index is 12.6. The molecule has 0 aliphatic heterocycles. The van der Waals surface area contributed by atoms with Crippen LogP contribution in [0.15, 0.2) is 41.6 Å². The summed E-state index contributed by atoms with van der Waals surface area (Å²) in [4.78, 5) is 4.35. The Labute approximate surface area is 143 Å². The van der Waals surface area contributed by atoms with Gasteiger partial charge in [0, 0.05) is 36.4 Å². The number of aromatic nitrogens is 1. The lowest BCUT2D eigenvalue weighted by molar-refractivity contribution is 0.364. The zero-order valence-electron chi connectivity index (χ0n) is 14.0. The number of nitrogens with one attached hydrogen (secondary N) is 2. The average Bonchev–Trinajstić information content (AvgIpc) is 2.60. The molecule has 0 radical (unpaired) electrons. The number of pyridine rings is 1. The van der Waals surface area contributed by atoms with E-state index in [1.807, 2.05) is 13.0 Å². The average molecular weight is 347 g/mol. The Balaban J connectivity index is 1.63. The van der Waals surface area contributed by atoms with Crippen LogP contribution in [0.25, 0.3) is 10.8 Å². The van der Waals surface area contributed by atoms with Gasteiger partial charge in [-0.25, -0.2) is 13.1 Å². The zero-order chi connectivity index (χ0) is 17.0. The highest BCUT2D eigenvalue weighted by molar-refractivity contribution is 7.89. The van der Waals surface area contributed by atoms with Crippen LogP contribution in [0, 0.1) is 0 Å². The molecule has 2 aromatic rings. The van der Waals surface area contributed by atoms with E-state index < -0.39 is 10.0 Å². The highest BCUT2D eigenvalue weighted by Gasteiger charge is 2.19. The molecule has 1 atom stereocenters. The van der Waals surface area contributed by atoms with E-state index >= 15 is 0 Å². The van der Waals surface area contributed by atoms with Crippen molar-refractivity contribution in [3.8, 4) is 0 Å². The number of benzene rings is 1. The molecule has 3 rings (SSSR count). The molecule has 6 heteroatoms. The van der Waals surface area contributed by atoms with Crippen molar-refractivity contribution in [1.82, 2.24) is 15.0 Å². The highest BCUT2D eigenvalue weighted by atomic mass is 32.2. The van der Waals surface area contributed by atoms with E-state index in [-0.39, 0.29) is 6.04 Å². The van der Waals surface area contributed by atoms with Crippen molar-refractivity contribution < 1.29 is 8.42 Å². The molecular formula is C18H25N3O2S. The Morgan fingerprint density at radius 2 is 1.96 bits per heavy atom. The first kappa shape index (κ1) is 17.3. The standard InChI is InChI=1S/C18H25N3O2S/c1-14(12-20-17-5-3-2-4-6-17)21-24(22,23)18-8-7-16-13-19-10-9-15(16)11-18/h7-11,13-14,17,20-21H,2-6,12H2,1H3. The van der Waals surface area contributed by atoms with Gasteiger partial charge in [-0.1, -0.05) is 25.3 Å². The summed E-state index contributed by atoms with van der Waals surface area (Å²) in [5, 5.41) is 5.30. The lowest BCUT2D eigenvalue weighted by Crippen LogP contribution is -2.43. The summed E-state index contributed by atoms with van der Waals surface area (Å²) in [5.41, 5.74) is 0. The topological polar surface area (TPSA) is 71.1 Å². The lowest BCUT2D eigenvalue weighted by Gasteiger charge is -2.25. The number of rotatable bonds is 6. The van der Waals surface area contributed by atoms with Crippen LogP contribution in [-0.4, -0.2) is 32.0 Å². The van der Waals surface area contributed by atoms with Gasteiger partial charge in [0.15, 0.2) is 0 Å². The molecular weight excluding hydrogens is 322 g/mol. The summed E-state index contributed by atoms with van der Waals surface area (Å²) in [6, 6.07) is 7.32. The number of sulfonamides is 1. The van der Waals surface area contributed by atoms with Crippen LogP contribution in [0.4, 0.5) is 0 Å². The molecule has 1 unspecified atom stereocenters.